The van der Waals surface area contributed by atoms with Crippen LogP contribution < -0.4 is 5.32 Å². The summed E-state index contributed by atoms with van der Waals surface area (Å²) in [6.45, 7) is 2.83. The van der Waals surface area contributed by atoms with Crippen molar-refractivity contribution in [1.29, 1.82) is 0 Å². The lowest BCUT2D eigenvalue weighted by Gasteiger charge is -2.29. The number of thiazole rings is 1. The molecular formula is C26H28FN3O3S. The van der Waals surface area contributed by atoms with E-state index < -0.39 is 0 Å². The van der Waals surface area contributed by atoms with Crippen LogP contribution in [0.4, 0.5) is 9.52 Å². The number of nitrogens with zero attached hydrogens (tertiary/aromatic N) is 2. The van der Waals surface area contributed by atoms with Crippen LogP contribution in [-0.2, 0) is 27.3 Å². The molecule has 1 spiro atoms. The lowest BCUT2D eigenvalue weighted by molar-refractivity contribution is -0.117. The number of carbonyl (C=O) groups is 1. The first-order valence-electron chi connectivity index (χ1n) is 11.6. The van der Waals surface area contributed by atoms with E-state index in [4.69, 9.17) is 9.47 Å². The Labute approximate surface area is 202 Å². The van der Waals surface area contributed by atoms with Crippen molar-refractivity contribution in [2.45, 2.75) is 37.6 Å². The smallest absolute Gasteiger partial charge is 0.240 e. The maximum Gasteiger partial charge on any atom is 0.240 e. The zero-order valence-corrected chi connectivity index (χ0v) is 19.7. The van der Waals surface area contributed by atoms with Gasteiger partial charge in [-0.25, -0.2) is 9.37 Å². The number of halogens is 1. The topological polar surface area (TPSA) is 63.7 Å². The van der Waals surface area contributed by atoms with Crippen molar-refractivity contribution < 1.29 is 18.7 Å². The summed E-state index contributed by atoms with van der Waals surface area (Å²) in [4.78, 5) is 20.1. The quantitative estimate of drug-likeness (QED) is 0.521. The molecule has 1 N–H and O–H groups in total. The highest BCUT2D eigenvalue weighted by Crippen LogP contribution is 2.37. The van der Waals surface area contributed by atoms with E-state index in [2.05, 4.69) is 27.3 Å². The standard InChI is InChI=1S/C26H28FN3O3S/c27-22-10-5-4-9-20(22)13-21-14-28-25(34-21)29-24(31)16-30-15-23(26(18-30)11-6-12-33-26)32-17-19-7-2-1-3-8-19/h1-5,7-10,14,23H,6,11-13,15-18H2,(H,28,29,31)/t23-,26-/m0/s1. The largest absolute Gasteiger partial charge is 0.371 e. The lowest BCUT2D eigenvalue weighted by Crippen LogP contribution is -2.42. The van der Waals surface area contributed by atoms with E-state index in [0.29, 0.717) is 36.8 Å². The number of hydrogen-bond acceptors (Lipinski definition) is 6. The zero-order valence-electron chi connectivity index (χ0n) is 18.9. The van der Waals surface area contributed by atoms with Crippen molar-refractivity contribution in [2.24, 2.45) is 0 Å². The second kappa shape index (κ2) is 10.3. The monoisotopic (exact) mass is 481 g/mol. The van der Waals surface area contributed by atoms with Gasteiger partial charge in [0.2, 0.25) is 5.91 Å². The highest BCUT2D eigenvalue weighted by Gasteiger charge is 2.50. The van der Waals surface area contributed by atoms with Crippen LogP contribution in [-0.4, -0.2) is 53.7 Å². The Balaban J connectivity index is 1.16. The average molecular weight is 482 g/mol. The zero-order chi connectivity index (χ0) is 23.4. The highest BCUT2D eigenvalue weighted by atomic mass is 32.1. The van der Waals surface area contributed by atoms with E-state index in [-0.39, 0.29) is 30.0 Å². The van der Waals surface area contributed by atoms with E-state index in [1.807, 2.05) is 24.3 Å². The fraction of sp³-hybridized carbons (Fsp3) is 0.385. The van der Waals surface area contributed by atoms with Gasteiger partial charge in [0.05, 0.1) is 13.2 Å². The van der Waals surface area contributed by atoms with E-state index >= 15 is 0 Å². The third-order valence-corrected chi connectivity index (χ3v) is 7.33. The Bertz CT molecular complexity index is 1120. The minimum atomic E-state index is -0.344. The fourth-order valence-corrected chi connectivity index (χ4v) is 5.63. The molecule has 2 saturated heterocycles. The molecule has 5 rings (SSSR count). The third kappa shape index (κ3) is 5.36. The van der Waals surface area contributed by atoms with Crippen molar-refractivity contribution in [2.75, 3.05) is 31.6 Å². The van der Waals surface area contributed by atoms with Crippen LogP contribution in [0.1, 0.15) is 28.8 Å². The van der Waals surface area contributed by atoms with Gasteiger partial charge in [0.1, 0.15) is 17.5 Å². The van der Waals surface area contributed by atoms with Gasteiger partial charge in [0.15, 0.2) is 5.13 Å². The predicted molar refractivity (Wildman–Crippen MR) is 129 cm³/mol. The van der Waals surface area contributed by atoms with Gasteiger partial charge in [-0.05, 0) is 30.0 Å². The Hall–Kier alpha value is -2.65. The fourth-order valence-electron chi connectivity index (χ4n) is 4.78. The summed E-state index contributed by atoms with van der Waals surface area (Å²) in [6, 6.07) is 16.8. The van der Waals surface area contributed by atoms with Crippen molar-refractivity contribution in [3.05, 3.63) is 82.6 Å². The van der Waals surface area contributed by atoms with Gasteiger partial charge < -0.3 is 14.8 Å². The molecule has 2 aliphatic heterocycles. The van der Waals surface area contributed by atoms with Crippen LogP contribution in [0.3, 0.4) is 0 Å². The van der Waals surface area contributed by atoms with Gasteiger partial charge in [0, 0.05) is 37.2 Å². The first-order chi connectivity index (χ1) is 16.6. The molecule has 2 fully saturated rings. The molecule has 2 aliphatic rings. The second-order valence-corrected chi connectivity index (χ2v) is 10.0. The lowest BCUT2D eigenvalue weighted by atomic mass is 9.96. The Kier molecular flexibility index (Phi) is 7.01. The number of likely N-dealkylation sites (tertiary alicyclic amines) is 1. The van der Waals surface area contributed by atoms with E-state index in [9.17, 15) is 9.18 Å². The molecule has 2 aromatic carbocycles. The maximum atomic E-state index is 13.9. The molecule has 1 aromatic heterocycles. The molecule has 8 heteroatoms. The number of anilines is 1. The molecule has 3 heterocycles. The van der Waals surface area contributed by atoms with Crippen LogP contribution >= 0.6 is 11.3 Å². The number of aromatic nitrogens is 1. The maximum absolute atomic E-state index is 13.9. The molecule has 0 unspecified atom stereocenters. The number of amides is 1. The molecule has 0 bridgehead atoms. The normalized spacial score (nSPS) is 22.4. The summed E-state index contributed by atoms with van der Waals surface area (Å²) < 4.78 is 26.4. The van der Waals surface area contributed by atoms with Crippen molar-refractivity contribution in [3.63, 3.8) is 0 Å². The van der Waals surface area contributed by atoms with Crippen LogP contribution in [0, 0.1) is 5.82 Å². The van der Waals surface area contributed by atoms with Gasteiger partial charge in [-0.15, -0.1) is 11.3 Å². The van der Waals surface area contributed by atoms with Gasteiger partial charge in [-0.3, -0.25) is 9.69 Å². The number of benzene rings is 2. The van der Waals surface area contributed by atoms with Crippen molar-refractivity contribution in [3.8, 4) is 0 Å². The average Bonchev–Trinajstić information content (AvgIpc) is 3.56. The predicted octanol–water partition coefficient (Wildman–Crippen LogP) is 4.26. The molecule has 0 aliphatic carbocycles. The molecule has 0 saturated carbocycles. The number of ether oxygens (including phenoxy) is 2. The van der Waals surface area contributed by atoms with Gasteiger partial charge in [-0.1, -0.05) is 48.5 Å². The molecule has 0 radical (unpaired) electrons. The number of nitrogens with one attached hydrogen (secondary N) is 1. The first kappa shape index (κ1) is 23.1. The summed E-state index contributed by atoms with van der Waals surface area (Å²) in [7, 11) is 0. The Morgan fingerprint density at radius 3 is 2.85 bits per heavy atom. The molecule has 1 amide bonds. The highest BCUT2D eigenvalue weighted by molar-refractivity contribution is 7.15. The number of rotatable bonds is 8. The van der Waals surface area contributed by atoms with E-state index in [1.165, 1.54) is 17.4 Å². The molecule has 2 atom stereocenters. The summed E-state index contributed by atoms with van der Waals surface area (Å²) in [5.74, 6) is -0.355. The van der Waals surface area contributed by atoms with Crippen molar-refractivity contribution in [1.82, 2.24) is 9.88 Å². The summed E-state index contributed by atoms with van der Waals surface area (Å²) in [5.41, 5.74) is 1.40. The first-order valence-corrected chi connectivity index (χ1v) is 12.4. The Morgan fingerprint density at radius 1 is 1.24 bits per heavy atom. The van der Waals surface area contributed by atoms with Crippen LogP contribution in [0.5, 0.6) is 0 Å². The molecular weight excluding hydrogens is 453 g/mol. The molecule has 3 aromatic rings. The summed E-state index contributed by atoms with van der Waals surface area (Å²) in [5, 5.41) is 3.42. The minimum absolute atomic E-state index is 0.0739. The SMILES string of the molecule is O=C(CN1C[C@H](OCc2ccccc2)[C@]2(CCCO2)C1)Nc1ncc(Cc2ccccc2F)s1. The van der Waals surface area contributed by atoms with Gasteiger partial charge >= 0.3 is 0 Å². The summed E-state index contributed by atoms with van der Waals surface area (Å²) >= 11 is 1.37. The number of hydrogen-bond donors (Lipinski definition) is 1. The minimum Gasteiger partial charge on any atom is -0.371 e. The van der Waals surface area contributed by atoms with E-state index in [0.717, 1.165) is 29.9 Å². The van der Waals surface area contributed by atoms with Crippen LogP contribution in [0.2, 0.25) is 0 Å². The van der Waals surface area contributed by atoms with Crippen LogP contribution in [0.15, 0.2) is 60.8 Å². The van der Waals surface area contributed by atoms with Gasteiger partial charge in [0.25, 0.3) is 0 Å². The molecule has 34 heavy (non-hydrogen) atoms. The van der Waals surface area contributed by atoms with Crippen molar-refractivity contribution >= 4 is 22.4 Å². The number of carbonyl (C=O) groups excluding carboxylic acids is 1. The second-order valence-electron chi connectivity index (χ2n) is 8.92. The van der Waals surface area contributed by atoms with Gasteiger partial charge in [-0.2, -0.15) is 0 Å². The Morgan fingerprint density at radius 2 is 2.06 bits per heavy atom. The van der Waals surface area contributed by atoms with Crippen LogP contribution in [0.25, 0.3) is 0 Å². The third-order valence-electron chi connectivity index (χ3n) is 6.42. The molecule has 178 valence electrons. The summed E-state index contributed by atoms with van der Waals surface area (Å²) in [6.07, 6.45) is 4.02. The molecule has 6 nitrogen and oxygen atoms in total. The van der Waals surface area contributed by atoms with E-state index in [1.54, 1.807) is 18.3 Å².